The number of piperazine rings is 1. The van der Waals surface area contributed by atoms with Crippen molar-refractivity contribution >= 4 is 5.91 Å². The van der Waals surface area contributed by atoms with Crippen molar-refractivity contribution in [1.29, 1.82) is 0 Å². The van der Waals surface area contributed by atoms with Crippen molar-refractivity contribution in [3.05, 3.63) is 18.7 Å². The van der Waals surface area contributed by atoms with Crippen LogP contribution in [-0.2, 0) is 11.3 Å². The smallest absolute Gasteiger partial charge is 0.236 e. The molecule has 1 saturated heterocycles. The van der Waals surface area contributed by atoms with Crippen molar-refractivity contribution in [3.8, 4) is 0 Å². The molecule has 2 heterocycles. The number of aromatic nitrogens is 2. The lowest BCUT2D eigenvalue weighted by molar-refractivity contribution is -0.132. The van der Waals surface area contributed by atoms with E-state index in [1.807, 2.05) is 22.7 Å². The van der Waals surface area contributed by atoms with Gasteiger partial charge in [0.2, 0.25) is 5.91 Å². The van der Waals surface area contributed by atoms with E-state index in [9.17, 15) is 4.79 Å². The zero-order valence-corrected chi connectivity index (χ0v) is 10.9. The molecule has 1 aliphatic heterocycles. The van der Waals surface area contributed by atoms with Gasteiger partial charge in [0.1, 0.15) is 0 Å². The zero-order chi connectivity index (χ0) is 12.8. The Morgan fingerprint density at radius 1 is 1.44 bits per heavy atom. The fourth-order valence-electron chi connectivity index (χ4n) is 2.03. The van der Waals surface area contributed by atoms with E-state index in [2.05, 4.69) is 15.2 Å². The molecule has 1 aliphatic rings. The molecular formula is C12H21N5O. The largest absolute Gasteiger partial charge is 0.339 e. The van der Waals surface area contributed by atoms with Gasteiger partial charge in [0, 0.05) is 51.7 Å². The van der Waals surface area contributed by atoms with Gasteiger partial charge < -0.3 is 14.8 Å². The maximum Gasteiger partial charge on any atom is 0.236 e. The van der Waals surface area contributed by atoms with Gasteiger partial charge in [-0.1, -0.05) is 0 Å². The van der Waals surface area contributed by atoms with Crippen LogP contribution in [0.25, 0.3) is 0 Å². The minimum atomic E-state index is 0.227. The molecule has 0 aromatic carbocycles. The second kappa shape index (κ2) is 6.51. The summed E-state index contributed by atoms with van der Waals surface area (Å²) in [4.78, 5) is 20.0. The standard InChI is InChI=1S/C12H21N5O/c1-15(8-9-16-5-2-14-11-16)10-12(18)17-6-3-13-4-7-17/h2,5,11,13H,3-4,6-10H2,1H3. The SMILES string of the molecule is CN(CCn1ccnc1)CC(=O)N1CCNCC1. The number of rotatable bonds is 5. The summed E-state index contributed by atoms with van der Waals surface area (Å²) in [5.74, 6) is 0.227. The molecule has 6 nitrogen and oxygen atoms in total. The lowest BCUT2D eigenvalue weighted by Gasteiger charge is -2.29. The van der Waals surface area contributed by atoms with Crippen molar-refractivity contribution in [1.82, 2.24) is 24.7 Å². The lowest BCUT2D eigenvalue weighted by atomic mass is 10.3. The fraction of sp³-hybridized carbons (Fsp3) is 0.667. The third kappa shape index (κ3) is 3.82. The number of nitrogens with one attached hydrogen (secondary N) is 1. The first-order chi connectivity index (χ1) is 8.75. The maximum atomic E-state index is 12.0. The molecular weight excluding hydrogens is 230 g/mol. The van der Waals surface area contributed by atoms with Crippen molar-refractivity contribution in [2.75, 3.05) is 46.3 Å². The van der Waals surface area contributed by atoms with Crippen molar-refractivity contribution in [2.45, 2.75) is 6.54 Å². The Morgan fingerprint density at radius 2 is 2.22 bits per heavy atom. The highest BCUT2D eigenvalue weighted by molar-refractivity contribution is 5.78. The molecule has 2 rings (SSSR count). The first-order valence-electron chi connectivity index (χ1n) is 6.38. The molecule has 0 aliphatic carbocycles. The second-order valence-electron chi connectivity index (χ2n) is 4.67. The number of carbonyl (C=O) groups excluding carboxylic acids is 1. The lowest BCUT2D eigenvalue weighted by Crippen LogP contribution is -2.49. The average Bonchev–Trinajstić information content (AvgIpc) is 2.90. The van der Waals surface area contributed by atoms with Crippen LogP contribution in [0.3, 0.4) is 0 Å². The monoisotopic (exact) mass is 251 g/mol. The van der Waals surface area contributed by atoms with Crippen LogP contribution < -0.4 is 5.32 Å². The first kappa shape index (κ1) is 13.0. The topological polar surface area (TPSA) is 53.4 Å². The van der Waals surface area contributed by atoms with Crippen molar-refractivity contribution in [3.63, 3.8) is 0 Å². The van der Waals surface area contributed by atoms with E-state index in [1.165, 1.54) is 0 Å². The van der Waals surface area contributed by atoms with Crippen LogP contribution in [-0.4, -0.2) is 71.6 Å². The minimum absolute atomic E-state index is 0.227. The molecule has 1 N–H and O–H groups in total. The van der Waals surface area contributed by atoms with E-state index in [1.54, 1.807) is 12.5 Å². The summed E-state index contributed by atoms with van der Waals surface area (Å²) in [6.07, 6.45) is 5.50. The van der Waals surface area contributed by atoms with Gasteiger partial charge in [-0.05, 0) is 7.05 Å². The summed E-state index contributed by atoms with van der Waals surface area (Å²) in [7, 11) is 1.98. The summed E-state index contributed by atoms with van der Waals surface area (Å²) in [6.45, 7) is 5.69. The number of hydrogen-bond acceptors (Lipinski definition) is 4. The van der Waals surface area contributed by atoms with E-state index < -0.39 is 0 Å². The maximum absolute atomic E-state index is 12.0. The summed E-state index contributed by atoms with van der Waals surface area (Å²) in [5.41, 5.74) is 0. The van der Waals surface area contributed by atoms with Gasteiger partial charge in [-0.15, -0.1) is 0 Å². The molecule has 18 heavy (non-hydrogen) atoms. The first-order valence-corrected chi connectivity index (χ1v) is 6.38. The van der Waals surface area contributed by atoms with Gasteiger partial charge >= 0.3 is 0 Å². The van der Waals surface area contributed by atoms with Crippen LogP contribution in [0, 0.1) is 0 Å². The Labute approximate surface area is 108 Å². The molecule has 1 fully saturated rings. The average molecular weight is 251 g/mol. The van der Waals surface area contributed by atoms with E-state index in [0.717, 1.165) is 39.3 Å². The molecule has 0 atom stereocenters. The number of amides is 1. The Balaban J connectivity index is 1.69. The predicted molar refractivity (Wildman–Crippen MR) is 69.2 cm³/mol. The minimum Gasteiger partial charge on any atom is -0.339 e. The Kier molecular flexibility index (Phi) is 4.72. The summed E-state index contributed by atoms with van der Waals surface area (Å²) >= 11 is 0. The summed E-state index contributed by atoms with van der Waals surface area (Å²) in [6, 6.07) is 0. The van der Waals surface area contributed by atoms with Crippen LogP contribution in [0.1, 0.15) is 0 Å². The highest BCUT2D eigenvalue weighted by Crippen LogP contribution is 1.96. The third-order valence-electron chi connectivity index (χ3n) is 3.17. The molecule has 1 aromatic rings. The van der Waals surface area contributed by atoms with E-state index in [0.29, 0.717) is 6.54 Å². The molecule has 1 aromatic heterocycles. The van der Waals surface area contributed by atoms with E-state index in [4.69, 9.17) is 0 Å². The Morgan fingerprint density at radius 3 is 2.89 bits per heavy atom. The third-order valence-corrected chi connectivity index (χ3v) is 3.17. The van der Waals surface area contributed by atoms with Gasteiger partial charge in [0.05, 0.1) is 12.9 Å². The molecule has 0 bridgehead atoms. The zero-order valence-electron chi connectivity index (χ0n) is 10.9. The number of nitrogens with zero attached hydrogens (tertiary/aromatic N) is 4. The van der Waals surface area contributed by atoms with Gasteiger partial charge in [-0.2, -0.15) is 0 Å². The van der Waals surface area contributed by atoms with Gasteiger partial charge in [0.15, 0.2) is 0 Å². The van der Waals surface area contributed by atoms with Crippen molar-refractivity contribution < 1.29 is 4.79 Å². The number of likely N-dealkylation sites (N-methyl/N-ethyl adjacent to an activating group) is 1. The van der Waals surface area contributed by atoms with Gasteiger partial charge in [0.25, 0.3) is 0 Å². The van der Waals surface area contributed by atoms with Crippen LogP contribution >= 0.6 is 0 Å². The molecule has 0 unspecified atom stereocenters. The molecule has 1 amide bonds. The highest BCUT2D eigenvalue weighted by Gasteiger charge is 2.17. The van der Waals surface area contributed by atoms with E-state index in [-0.39, 0.29) is 5.91 Å². The fourth-order valence-corrected chi connectivity index (χ4v) is 2.03. The van der Waals surface area contributed by atoms with Gasteiger partial charge in [-0.3, -0.25) is 9.69 Å². The van der Waals surface area contributed by atoms with Crippen molar-refractivity contribution in [2.24, 2.45) is 0 Å². The number of hydrogen-bond donors (Lipinski definition) is 1. The Bertz CT molecular complexity index is 359. The van der Waals surface area contributed by atoms with Crippen LogP contribution in [0.2, 0.25) is 0 Å². The predicted octanol–water partition coefficient (Wildman–Crippen LogP) is -0.753. The molecule has 0 radical (unpaired) electrons. The van der Waals surface area contributed by atoms with Crippen LogP contribution in [0.5, 0.6) is 0 Å². The molecule has 100 valence electrons. The van der Waals surface area contributed by atoms with Crippen LogP contribution in [0.15, 0.2) is 18.7 Å². The van der Waals surface area contributed by atoms with Gasteiger partial charge in [-0.25, -0.2) is 4.98 Å². The second-order valence-corrected chi connectivity index (χ2v) is 4.67. The quantitative estimate of drug-likeness (QED) is 0.748. The van der Waals surface area contributed by atoms with E-state index >= 15 is 0 Å². The summed E-state index contributed by atoms with van der Waals surface area (Å²) in [5, 5.41) is 3.25. The van der Waals surface area contributed by atoms with Crippen LogP contribution in [0.4, 0.5) is 0 Å². The number of imidazole rings is 1. The summed E-state index contributed by atoms with van der Waals surface area (Å²) < 4.78 is 2.02. The highest BCUT2D eigenvalue weighted by atomic mass is 16.2. The number of carbonyl (C=O) groups is 1. The molecule has 6 heteroatoms. The molecule has 0 spiro atoms. The normalized spacial score (nSPS) is 16.2. The Hall–Kier alpha value is -1.40. The molecule has 0 saturated carbocycles.